The van der Waals surface area contributed by atoms with Crippen molar-refractivity contribution in [1.29, 1.82) is 0 Å². The number of carbonyl (C=O) groups excluding carboxylic acids is 2. The van der Waals surface area contributed by atoms with E-state index in [9.17, 15) is 9.59 Å². The fraction of sp³-hybridized carbons (Fsp3) is 0.625. The van der Waals surface area contributed by atoms with Crippen molar-refractivity contribution >= 4 is 11.8 Å². The third-order valence-corrected chi connectivity index (χ3v) is 4.95. The standard InChI is InChI=1S/C16H21N5O2/c1-10-12(8-18-14(19-10)11-2-3-11)16(23)21-7-6-20-5-4-17-15(22)13(20)9-21/h8,11,13H,2-7,9H2,1H3,(H,17,22)/t13-/m0/s1. The van der Waals surface area contributed by atoms with E-state index in [-0.39, 0.29) is 17.9 Å². The Kier molecular flexibility index (Phi) is 3.52. The summed E-state index contributed by atoms with van der Waals surface area (Å²) in [6.45, 7) is 5.24. The first-order valence-electron chi connectivity index (χ1n) is 8.28. The first-order valence-corrected chi connectivity index (χ1v) is 8.28. The average molecular weight is 315 g/mol. The van der Waals surface area contributed by atoms with Crippen molar-refractivity contribution in [2.24, 2.45) is 0 Å². The average Bonchev–Trinajstić information content (AvgIpc) is 3.39. The molecule has 7 heteroatoms. The largest absolute Gasteiger partial charge is 0.353 e. The lowest BCUT2D eigenvalue weighted by Crippen LogP contribution is -2.64. The zero-order chi connectivity index (χ0) is 16.0. The predicted octanol–water partition coefficient (Wildman–Crippen LogP) is -0.0814. The molecule has 7 nitrogen and oxygen atoms in total. The van der Waals surface area contributed by atoms with Crippen LogP contribution in [0.15, 0.2) is 6.20 Å². The van der Waals surface area contributed by atoms with Gasteiger partial charge >= 0.3 is 0 Å². The minimum absolute atomic E-state index is 0.0193. The van der Waals surface area contributed by atoms with Crippen LogP contribution in [0.3, 0.4) is 0 Å². The van der Waals surface area contributed by atoms with Crippen molar-refractivity contribution in [1.82, 2.24) is 25.1 Å². The molecule has 122 valence electrons. The molecule has 1 aliphatic carbocycles. The van der Waals surface area contributed by atoms with Gasteiger partial charge in [-0.2, -0.15) is 0 Å². The van der Waals surface area contributed by atoms with Gasteiger partial charge in [0.2, 0.25) is 5.91 Å². The van der Waals surface area contributed by atoms with Crippen LogP contribution in [-0.2, 0) is 4.79 Å². The molecule has 0 aromatic carbocycles. The summed E-state index contributed by atoms with van der Waals surface area (Å²) in [6.07, 6.45) is 3.95. The van der Waals surface area contributed by atoms with E-state index < -0.39 is 0 Å². The summed E-state index contributed by atoms with van der Waals surface area (Å²) in [5.74, 6) is 1.29. The molecule has 3 aliphatic rings. The molecule has 1 aromatic rings. The van der Waals surface area contributed by atoms with Crippen molar-refractivity contribution in [3.63, 3.8) is 0 Å². The number of hydrogen-bond acceptors (Lipinski definition) is 5. The SMILES string of the molecule is Cc1nc(C2CC2)ncc1C(=O)N1CCN2CCNC(=O)[C@@H]2C1. The van der Waals surface area contributed by atoms with Gasteiger partial charge in [0.25, 0.3) is 5.91 Å². The number of amides is 2. The Morgan fingerprint density at radius 2 is 2.13 bits per heavy atom. The van der Waals surface area contributed by atoms with Crippen LogP contribution >= 0.6 is 0 Å². The Balaban J connectivity index is 1.51. The van der Waals surface area contributed by atoms with E-state index in [1.807, 2.05) is 6.92 Å². The molecule has 2 aliphatic heterocycles. The third-order valence-electron chi connectivity index (χ3n) is 4.95. The summed E-state index contributed by atoms with van der Waals surface area (Å²) < 4.78 is 0. The Morgan fingerprint density at radius 1 is 1.30 bits per heavy atom. The van der Waals surface area contributed by atoms with Gasteiger partial charge in [-0.05, 0) is 19.8 Å². The molecule has 3 fully saturated rings. The lowest BCUT2D eigenvalue weighted by Gasteiger charge is -2.43. The first-order chi connectivity index (χ1) is 11.1. The van der Waals surface area contributed by atoms with Gasteiger partial charge < -0.3 is 10.2 Å². The van der Waals surface area contributed by atoms with E-state index in [2.05, 4.69) is 20.2 Å². The fourth-order valence-corrected chi connectivity index (χ4v) is 3.37. The molecule has 0 unspecified atom stereocenters. The number of fused-ring (bicyclic) bond motifs is 1. The van der Waals surface area contributed by atoms with Gasteiger partial charge in [-0.3, -0.25) is 14.5 Å². The Hall–Kier alpha value is -2.02. The second kappa shape index (κ2) is 5.56. The molecular weight excluding hydrogens is 294 g/mol. The van der Waals surface area contributed by atoms with Crippen LogP contribution in [0.25, 0.3) is 0 Å². The molecule has 0 radical (unpaired) electrons. The lowest BCUT2D eigenvalue weighted by atomic mass is 10.1. The molecule has 3 heterocycles. The first kappa shape index (κ1) is 14.6. The zero-order valence-corrected chi connectivity index (χ0v) is 13.3. The maximum absolute atomic E-state index is 12.8. The van der Waals surface area contributed by atoms with Gasteiger partial charge in [-0.25, -0.2) is 9.97 Å². The molecular formula is C16H21N5O2. The summed E-state index contributed by atoms with van der Waals surface area (Å²) >= 11 is 0. The lowest BCUT2D eigenvalue weighted by molar-refractivity contribution is -0.131. The molecule has 4 rings (SSSR count). The second-order valence-corrected chi connectivity index (χ2v) is 6.60. The highest BCUT2D eigenvalue weighted by Gasteiger charge is 2.37. The maximum Gasteiger partial charge on any atom is 0.257 e. The minimum Gasteiger partial charge on any atom is -0.353 e. The summed E-state index contributed by atoms with van der Waals surface area (Å²) in [4.78, 5) is 37.6. The van der Waals surface area contributed by atoms with Crippen molar-refractivity contribution < 1.29 is 9.59 Å². The third kappa shape index (κ3) is 2.69. The number of nitrogens with zero attached hydrogens (tertiary/aromatic N) is 4. The van der Waals surface area contributed by atoms with Crippen LogP contribution in [0.2, 0.25) is 0 Å². The van der Waals surface area contributed by atoms with Gasteiger partial charge in [0.05, 0.1) is 11.3 Å². The van der Waals surface area contributed by atoms with E-state index >= 15 is 0 Å². The summed E-state index contributed by atoms with van der Waals surface area (Å²) in [7, 11) is 0. The fourth-order valence-electron chi connectivity index (χ4n) is 3.37. The molecule has 2 amide bonds. The quantitative estimate of drug-likeness (QED) is 0.826. The number of hydrogen-bond donors (Lipinski definition) is 1. The van der Waals surface area contributed by atoms with Gasteiger partial charge in [0.15, 0.2) is 0 Å². The van der Waals surface area contributed by atoms with Crippen molar-refractivity contribution in [2.75, 3.05) is 32.7 Å². The zero-order valence-electron chi connectivity index (χ0n) is 13.3. The smallest absolute Gasteiger partial charge is 0.257 e. The van der Waals surface area contributed by atoms with Crippen molar-refractivity contribution in [3.8, 4) is 0 Å². The highest BCUT2D eigenvalue weighted by atomic mass is 16.2. The van der Waals surface area contributed by atoms with Crippen LogP contribution in [0.4, 0.5) is 0 Å². The number of rotatable bonds is 2. The number of nitrogens with one attached hydrogen (secondary N) is 1. The van der Waals surface area contributed by atoms with Crippen LogP contribution in [0.1, 0.15) is 40.6 Å². The van der Waals surface area contributed by atoms with Gasteiger partial charge in [-0.1, -0.05) is 0 Å². The molecule has 23 heavy (non-hydrogen) atoms. The summed E-state index contributed by atoms with van der Waals surface area (Å²) in [6, 6.07) is -0.228. The molecule has 0 spiro atoms. The number of aryl methyl sites for hydroxylation is 1. The van der Waals surface area contributed by atoms with Crippen LogP contribution in [0.5, 0.6) is 0 Å². The van der Waals surface area contributed by atoms with Gasteiger partial charge in [0, 0.05) is 44.8 Å². The Morgan fingerprint density at radius 3 is 2.87 bits per heavy atom. The maximum atomic E-state index is 12.8. The van der Waals surface area contributed by atoms with Crippen molar-refractivity contribution in [3.05, 3.63) is 23.3 Å². The van der Waals surface area contributed by atoms with E-state index in [1.54, 1.807) is 11.1 Å². The highest BCUT2D eigenvalue weighted by Crippen LogP contribution is 2.38. The van der Waals surface area contributed by atoms with Gasteiger partial charge in [0.1, 0.15) is 11.9 Å². The highest BCUT2D eigenvalue weighted by molar-refractivity contribution is 5.95. The summed E-state index contributed by atoms with van der Waals surface area (Å²) in [5.41, 5.74) is 1.29. The molecule has 1 atom stereocenters. The molecule has 1 saturated carbocycles. The van der Waals surface area contributed by atoms with Crippen LogP contribution < -0.4 is 5.32 Å². The van der Waals surface area contributed by atoms with Crippen LogP contribution in [-0.4, -0.2) is 70.3 Å². The Labute approximate surface area is 135 Å². The molecule has 0 bridgehead atoms. The monoisotopic (exact) mass is 315 g/mol. The van der Waals surface area contributed by atoms with E-state index in [0.29, 0.717) is 31.1 Å². The van der Waals surface area contributed by atoms with E-state index in [4.69, 9.17) is 0 Å². The second-order valence-electron chi connectivity index (χ2n) is 6.60. The normalized spacial score (nSPS) is 25.0. The van der Waals surface area contributed by atoms with Gasteiger partial charge in [-0.15, -0.1) is 0 Å². The predicted molar refractivity (Wildman–Crippen MR) is 83.0 cm³/mol. The van der Waals surface area contributed by atoms with Crippen molar-refractivity contribution in [2.45, 2.75) is 31.7 Å². The number of carbonyl (C=O) groups is 2. The molecule has 1 aromatic heterocycles. The molecule has 2 saturated heterocycles. The van der Waals surface area contributed by atoms with Crippen LogP contribution in [0, 0.1) is 6.92 Å². The summed E-state index contributed by atoms with van der Waals surface area (Å²) in [5, 5.41) is 2.88. The minimum atomic E-state index is -0.228. The van der Waals surface area contributed by atoms with E-state index in [1.165, 1.54) is 0 Å². The Bertz CT molecular complexity index is 658. The number of piperazine rings is 2. The van der Waals surface area contributed by atoms with E-state index in [0.717, 1.165) is 37.4 Å². The number of aromatic nitrogens is 2. The molecule has 1 N–H and O–H groups in total. The topological polar surface area (TPSA) is 78.4 Å².